The lowest BCUT2D eigenvalue weighted by atomic mass is 10.0. The zero-order valence-corrected chi connectivity index (χ0v) is 30.7. The molecule has 11 heteroatoms. The standard InChI is InChI=1S/C35H49N7O2Si2/c1-26(2)27-12-11-13-28(22-27)34-36-17-16-32(39-34)37-30-23-41(24-43-18-20-45(3,4)5)40-33(30)35-38-29-14-9-10-15-31(29)42(35)25-44-19-21-46(6,7)8/h9-17,22-23,26H,18-21,24-25H2,1-8H3,(H,36,37,39). The minimum atomic E-state index is -1.22. The maximum Gasteiger partial charge on any atom is 0.165 e. The molecule has 0 aliphatic rings. The SMILES string of the molecule is CC(C)c1cccc(-c2nccc(Nc3cn(COCC[Si](C)(C)C)nc3-c3nc4ccccc4n3COCC[Si](C)(C)C)n2)c1. The number of nitrogens with zero attached hydrogens (tertiary/aromatic N) is 6. The van der Waals surface area contributed by atoms with E-state index in [-0.39, 0.29) is 0 Å². The maximum absolute atomic E-state index is 6.25. The molecule has 46 heavy (non-hydrogen) atoms. The number of benzene rings is 2. The van der Waals surface area contributed by atoms with Gasteiger partial charge in [-0.3, -0.25) is 4.57 Å². The maximum atomic E-state index is 6.25. The third-order valence-corrected chi connectivity index (χ3v) is 11.2. The summed E-state index contributed by atoms with van der Waals surface area (Å²) in [7, 11) is -2.43. The molecule has 5 aromatic rings. The van der Waals surface area contributed by atoms with Gasteiger partial charge in [-0.25, -0.2) is 19.6 Å². The van der Waals surface area contributed by atoms with E-state index >= 15 is 0 Å². The third kappa shape index (κ3) is 9.00. The lowest BCUT2D eigenvalue weighted by Crippen LogP contribution is -2.22. The number of fused-ring (bicyclic) bond motifs is 1. The molecule has 0 atom stereocenters. The number of aromatic nitrogens is 6. The quantitative estimate of drug-likeness (QED) is 0.0890. The first-order chi connectivity index (χ1) is 21.9. The molecule has 0 radical (unpaired) electrons. The molecule has 0 fully saturated rings. The van der Waals surface area contributed by atoms with E-state index in [9.17, 15) is 0 Å². The first-order valence-corrected chi connectivity index (χ1v) is 23.7. The lowest BCUT2D eigenvalue weighted by molar-refractivity contribution is 0.0786. The van der Waals surface area contributed by atoms with Gasteiger partial charge in [-0.05, 0) is 47.8 Å². The fourth-order valence-electron chi connectivity index (χ4n) is 4.94. The normalized spacial score (nSPS) is 12.4. The number of rotatable bonds is 15. The van der Waals surface area contributed by atoms with Gasteiger partial charge < -0.3 is 14.8 Å². The van der Waals surface area contributed by atoms with E-state index in [4.69, 9.17) is 24.5 Å². The van der Waals surface area contributed by atoms with E-state index in [0.717, 1.165) is 40.2 Å². The highest BCUT2D eigenvalue weighted by molar-refractivity contribution is 6.76. The molecule has 2 aromatic carbocycles. The topological polar surface area (TPSA) is 91.9 Å². The highest BCUT2D eigenvalue weighted by atomic mass is 28.3. The van der Waals surface area contributed by atoms with Crippen molar-refractivity contribution in [2.45, 2.75) is 84.6 Å². The second-order valence-electron chi connectivity index (χ2n) is 14.6. The summed E-state index contributed by atoms with van der Waals surface area (Å²) >= 11 is 0. The zero-order chi connectivity index (χ0) is 32.9. The largest absolute Gasteiger partial charge is 0.361 e. The summed E-state index contributed by atoms with van der Waals surface area (Å²) in [5.74, 6) is 2.49. The Morgan fingerprint density at radius 2 is 1.54 bits per heavy atom. The van der Waals surface area contributed by atoms with Crippen molar-refractivity contribution < 1.29 is 9.47 Å². The summed E-state index contributed by atoms with van der Waals surface area (Å²) in [6.07, 6.45) is 3.76. The molecule has 3 aromatic heterocycles. The molecule has 0 bridgehead atoms. The molecule has 5 rings (SSSR count). The second kappa shape index (κ2) is 14.4. The van der Waals surface area contributed by atoms with Crippen molar-refractivity contribution in [1.29, 1.82) is 0 Å². The molecular weight excluding hydrogens is 607 g/mol. The Kier molecular flexibility index (Phi) is 10.6. The molecule has 244 valence electrons. The molecule has 0 saturated heterocycles. The number of hydrogen-bond donors (Lipinski definition) is 1. The summed E-state index contributed by atoms with van der Waals surface area (Å²) in [4.78, 5) is 14.5. The summed E-state index contributed by atoms with van der Waals surface area (Å²) in [6.45, 7) is 20.7. The van der Waals surface area contributed by atoms with Gasteiger partial charge in [0, 0.05) is 41.1 Å². The molecule has 0 spiro atoms. The average Bonchev–Trinajstić information content (AvgIpc) is 3.57. The Labute approximate surface area is 275 Å². The van der Waals surface area contributed by atoms with E-state index in [1.807, 2.05) is 35.1 Å². The Morgan fingerprint density at radius 1 is 0.826 bits per heavy atom. The third-order valence-electron chi connectivity index (χ3n) is 7.79. The van der Waals surface area contributed by atoms with Crippen LogP contribution in [0.3, 0.4) is 0 Å². The van der Waals surface area contributed by atoms with Crippen LogP contribution in [0.1, 0.15) is 25.3 Å². The first-order valence-electron chi connectivity index (χ1n) is 16.3. The fraction of sp³-hybridized carbons (Fsp3) is 0.429. The number of nitrogens with one attached hydrogen (secondary N) is 1. The van der Waals surface area contributed by atoms with E-state index in [0.29, 0.717) is 49.9 Å². The Bertz CT molecular complexity index is 1750. The average molecular weight is 656 g/mol. The van der Waals surface area contributed by atoms with Crippen molar-refractivity contribution in [2.75, 3.05) is 18.5 Å². The molecular formula is C35H49N7O2Si2. The monoisotopic (exact) mass is 655 g/mol. The van der Waals surface area contributed by atoms with Gasteiger partial charge in [-0.1, -0.05) is 83.5 Å². The second-order valence-corrected chi connectivity index (χ2v) is 25.9. The van der Waals surface area contributed by atoms with Gasteiger partial charge >= 0.3 is 0 Å². The van der Waals surface area contributed by atoms with Crippen molar-refractivity contribution in [1.82, 2.24) is 29.3 Å². The Balaban J connectivity index is 1.49. The smallest absolute Gasteiger partial charge is 0.165 e. The highest BCUT2D eigenvalue weighted by Gasteiger charge is 2.21. The molecule has 3 heterocycles. The summed E-state index contributed by atoms with van der Waals surface area (Å²) in [5, 5.41) is 8.55. The van der Waals surface area contributed by atoms with Crippen LogP contribution < -0.4 is 5.32 Å². The molecule has 1 N–H and O–H groups in total. The number of anilines is 2. The van der Waals surface area contributed by atoms with Crippen LogP contribution in [0.4, 0.5) is 11.5 Å². The van der Waals surface area contributed by atoms with Crippen LogP contribution in [-0.4, -0.2) is 58.7 Å². The van der Waals surface area contributed by atoms with Gasteiger partial charge in [-0.15, -0.1) is 0 Å². The van der Waals surface area contributed by atoms with Gasteiger partial charge in [0.05, 0.1) is 22.9 Å². The zero-order valence-electron chi connectivity index (χ0n) is 28.7. The van der Waals surface area contributed by atoms with Crippen LogP contribution in [0.5, 0.6) is 0 Å². The van der Waals surface area contributed by atoms with Crippen LogP contribution in [0.25, 0.3) is 33.9 Å². The lowest BCUT2D eigenvalue weighted by Gasteiger charge is -2.16. The van der Waals surface area contributed by atoms with Crippen LogP contribution >= 0.6 is 0 Å². The van der Waals surface area contributed by atoms with Crippen molar-refractivity contribution >= 4 is 38.7 Å². The summed E-state index contributed by atoms with van der Waals surface area (Å²) < 4.78 is 16.3. The first kappa shape index (κ1) is 33.7. The van der Waals surface area contributed by atoms with Gasteiger partial charge in [0.15, 0.2) is 17.3 Å². The van der Waals surface area contributed by atoms with E-state index in [1.165, 1.54) is 5.56 Å². The van der Waals surface area contributed by atoms with Crippen LogP contribution in [0.15, 0.2) is 67.0 Å². The van der Waals surface area contributed by atoms with Crippen molar-refractivity contribution in [3.63, 3.8) is 0 Å². The van der Waals surface area contributed by atoms with Crippen LogP contribution in [0.2, 0.25) is 51.4 Å². The van der Waals surface area contributed by atoms with Crippen molar-refractivity contribution in [3.8, 4) is 22.9 Å². The molecule has 0 aliphatic carbocycles. The van der Waals surface area contributed by atoms with Gasteiger partial charge in [0.25, 0.3) is 0 Å². The molecule has 0 saturated carbocycles. The molecule has 9 nitrogen and oxygen atoms in total. The Morgan fingerprint density at radius 3 is 2.26 bits per heavy atom. The van der Waals surface area contributed by atoms with Crippen LogP contribution in [0, 0.1) is 0 Å². The van der Waals surface area contributed by atoms with E-state index < -0.39 is 16.1 Å². The highest BCUT2D eigenvalue weighted by Crippen LogP contribution is 2.32. The molecule has 0 amide bonds. The van der Waals surface area contributed by atoms with Crippen molar-refractivity contribution in [2.24, 2.45) is 0 Å². The van der Waals surface area contributed by atoms with Crippen LogP contribution in [-0.2, 0) is 22.9 Å². The molecule has 0 aliphatic heterocycles. The fourth-order valence-corrected chi connectivity index (χ4v) is 6.46. The minimum absolute atomic E-state index is 0.350. The van der Waals surface area contributed by atoms with Gasteiger partial charge in [0.1, 0.15) is 19.3 Å². The minimum Gasteiger partial charge on any atom is -0.361 e. The number of hydrogen-bond acceptors (Lipinski definition) is 7. The predicted octanol–water partition coefficient (Wildman–Crippen LogP) is 8.85. The number of imidazole rings is 1. The molecule has 0 unspecified atom stereocenters. The van der Waals surface area contributed by atoms with Crippen molar-refractivity contribution in [3.05, 3.63) is 72.6 Å². The van der Waals surface area contributed by atoms with Gasteiger partial charge in [0.2, 0.25) is 0 Å². The predicted molar refractivity (Wildman–Crippen MR) is 194 cm³/mol. The summed E-state index contributed by atoms with van der Waals surface area (Å²) in [5.41, 5.74) is 5.63. The Hall–Kier alpha value is -3.65. The number of ether oxygens (including phenoxy) is 2. The van der Waals surface area contributed by atoms with E-state index in [1.54, 1.807) is 6.20 Å². The van der Waals surface area contributed by atoms with E-state index in [2.05, 4.69) is 98.3 Å². The summed E-state index contributed by atoms with van der Waals surface area (Å²) in [6, 6.07) is 20.7. The number of para-hydroxylation sites is 2. The van der Waals surface area contributed by atoms with Gasteiger partial charge in [-0.2, -0.15) is 5.10 Å².